The van der Waals surface area contributed by atoms with Crippen LogP contribution in [0.25, 0.3) is 10.9 Å². The van der Waals surface area contributed by atoms with Crippen molar-refractivity contribution in [2.75, 3.05) is 33.4 Å². The van der Waals surface area contributed by atoms with Crippen molar-refractivity contribution in [3.05, 3.63) is 111 Å². The molecule has 0 radical (unpaired) electrons. The average Bonchev–Trinajstić information content (AvgIpc) is 3.03. The van der Waals surface area contributed by atoms with Crippen LogP contribution in [0, 0.1) is 0 Å². The first kappa shape index (κ1) is 33.2. The highest BCUT2D eigenvalue weighted by atomic mass is 35.5. The zero-order valence-corrected chi connectivity index (χ0v) is 26.2. The Morgan fingerprint density at radius 3 is 2.42 bits per heavy atom. The summed E-state index contributed by atoms with van der Waals surface area (Å²) in [7, 11) is 1.47. The van der Waals surface area contributed by atoms with Crippen LogP contribution in [0.1, 0.15) is 47.6 Å². The number of benzene rings is 3. The zero-order chi connectivity index (χ0) is 32.0. The van der Waals surface area contributed by atoms with Gasteiger partial charge < -0.3 is 19.6 Å². The number of aromatic nitrogens is 1. The number of hydrogen-bond acceptors (Lipinski definition) is 6. The quantitative estimate of drug-likeness (QED) is 0.130. The molecule has 1 unspecified atom stereocenters. The van der Waals surface area contributed by atoms with E-state index >= 15 is 0 Å². The van der Waals surface area contributed by atoms with E-state index in [1.807, 2.05) is 42.5 Å². The first-order valence-corrected chi connectivity index (χ1v) is 15.4. The summed E-state index contributed by atoms with van der Waals surface area (Å²) in [6, 6.07) is 22.7. The molecule has 0 saturated carbocycles. The van der Waals surface area contributed by atoms with Crippen molar-refractivity contribution in [3.63, 3.8) is 0 Å². The average molecular weight is 661 g/mol. The first-order valence-electron chi connectivity index (χ1n) is 14.7. The summed E-state index contributed by atoms with van der Waals surface area (Å²) in [4.78, 5) is 11.3. The van der Waals surface area contributed by atoms with E-state index in [1.54, 1.807) is 24.3 Å². The van der Waals surface area contributed by atoms with E-state index < -0.39 is 17.5 Å². The topological polar surface area (TPSA) is 67.2 Å². The van der Waals surface area contributed by atoms with Gasteiger partial charge in [0.25, 0.3) is 0 Å². The molecule has 2 heterocycles. The lowest BCUT2D eigenvalue weighted by atomic mass is 9.84. The molecule has 1 aliphatic heterocycles. The molecule has 1 fully saturated rings. The summed E-state index contributed by atoms with van der Waals surface area (Å²) >= 11 is 12.6. The lowest BCUT2D eigenvalue weighted by molar-refractivity contribution is -0.140. The molecule has 45 heavy (non-hydrogen) atoms. The minimum absolute atomic E-state index is 0.112. The van der Waals surface area contributed by atoms with Crippen LogP contribution >= 0.6 is 23.2 Å². The Balaban J connectivity index is 1.28. The smallest absolute Gasteiger partial charge is 0.399 e. The first-order chi connectivity index (χ1) is 21.6. The number of likely N-dealkylation sites (tertiary alicyclic amines) is 1. The Morgan fingerprint density at radius 1 is 1.00 bits per heavy atom. The third kappa shape index (κ3) is 8.34. The monoisotopic (exact) mass is 659 g/mol. The molecule has 4 aromatic rings. The SMILES string of the molecule is CO/N=C(\COCc1ccc2ccc(C(F)(F)F)nc2c1)C(CCN1CCC(O)(c2ccccc2)CC1)c1ccc(Cl)c(Cl)c1. The third-order valence-electron chi connectivity index (χ3n) is 8.25. The number of pyridine rings is 1. The molecule has 1 atom stereocenters. The molecule has 1 aromatic heterocycles. The van der Waals surface area contributed by atoms with Gasteiger partial charge in [-0.05, 0) is 66.8 Å². The predicted octanol–water partition coefficient (Wildman–Crippen LogP) is 8.24. The van der Waals surface area contributed by atoms with E-state index in [-0.39, 0.29) is 24.6 Å². The van der Waals surface area contributed by atoms with E-state index in [4.69, 9.17) is 32.8 Å². The van der Waals surface area contributed by atoms with Crippen LogP contribution < -0.4 is 0 Å². The van der Waals surface area contributed by atoms with Gasteiger partial charge in [0, 0.05) is 24.4 Å². The van der Waals surface area contributed by atoms with Crippen LogP contribution in [-0.4, -0.2) is 54.1 Å². The summed E-state index contributed by atoms with van der Waals surface area (Å²) in [6.45, 7) is 2.45. The van der Waals surface area contributed by atoms with Crippen LogP contribution in [0.2, 0.25) is 10.0 Å². The molecular formula is C34H34Cl2F3N3O3. The molecule has 6 nitrogen and oxygen atoms in total. The second-order valence-corrected chi connectivity index (χ2v) is 12.0. The third-order valence-corrected chi connectivity index (χ3v) is 8.99. The Bertz CT molecular complexity index is 1630. The van der Waals surface area contributed by atoms with Crippen molar-refractivity contribution < 1.29 is 27.9 Å². The van der Waals surface area contributed by atoms with Crippen LogP contribution in [0.15, 0.2) is 84.0 Å². The van der Waals surface area contributed by atoms with Gasteiger partial charge >= 0.3 is 6.18 Å². The largest absolute Gasteiger partial charge is 0.433 e. The second-order valence-electron chi connectivity index (χ2n) is 11.2. The van der Waals surface area contributed by atoms with Gasteiger partial charge in [0.15, 0.2) is 0 Å². The molecule has 5 rings (SSSR count). The molecule has 3 aromatic carbocycles. The van der Waals surface area contributed by atoms with E-state index in [1.165, 1.54) is 13.2 Å². The molecule has 1 N–H and O–H groups in total. The van der Waals surface area contributed by atoms with E-state index in [0.717, 1.165) is 36.8 Å². The molecule has 0 spiro atoms. The Hall–Kier alpha value is -3.21. The van der Waals surface area contributed by atoms with Gasteiger partial charge in [0.05, 0.1) is 40.1 Å². The molecule has 238 valence electrons. The lowest BCUT2D eigenvalue weighted by Crippen LogP contribution is -2.43. The standard InChI is InChI=1S/C34H34Cl2F3N3O3/c1-44-41-31(22-45-21-23-7-8-24-10-12-32(34(37,38)39)40-30(24)19-23)27(25-9-11-28(35)29(36)20-25)13-16-42-17-14-33(43,15-18-42)26-5-3-2-4-6-26/h2-12,19-20,27,43H,13-18,21-22H2,1H3/b41-31+. The maximum absolute atomic E-state index is 13.2. The maximum Gasteiger partial charge on any atom is 0.433 e. The van der Waals surface area contributed by atoms with E-state index in [0.29, 0.717) is 46.0 Å². The molecule has 1 saturated heterocycles. The van der Waals surface area contributed by atoms with Crippen LogP contribution in [0.3, 0.4) is 0 Å². The van der Waals surface area contributed by atoms with Crippen LogP contribution in [0.5, 0.6) is 0 Å². The number of oxime groups is 1. The minimum Gasteiger partial charge on any atom is -0.399 e. The number of ether oxygens (including phenoxy) is 1. The number of fused-ring (bicyclic) bond motifs is 1. The van der Waals surface area contributed by atoms with E-state index in [9.17, 15) is 18.3 Å². The lowest BCUT2D eigenvalue weighted by Gasteiger charge is -2.39. The van der Waals surface area contributed by atoms with Crippen molar-refractivity contribution in [2.45, 2.75) is 43.6 Å². The Labute approximate surface area is 270 Å². The molecule has 0 bridgehead atoms. The molecule has 0 amide bonds. The zero-order valence-electron chi connectivity index (χ0n) is 24.7. The Morgan fingerprint density at radius 2 is 1.73 bits per heavy atom. The van der Waals surface area contributed by atoms with Crippen molar-refractivity contribution in [3.8, 4) is 0 Å². The fourth-order valence-corrected chi connectivity index (χ4v) is 6.05. The molecular weight excluding hydrogens is 626 g/mol. The molecule has 1 aliphatic rings. The fraction of sp³-hybridized carbons (Fsp3) is 0.353. The van der Waals surface area contributed by atoms with Crippen LogP contribution in [0.4, 0.5) is 13.2 Å². The van der Waals surface area contributed by atoms with Crippen molar-refractivity contribution >= 4 is 39.8 Å². The summed E-state index contributed by atoms with van der Waals surface area (Å²) in [5.41, 5.74) is 1.60. The number of halogens is 5. The van der Waals surface area contributed by atoms with Gasteiger partial charge in [-0.2, -0.15) is 13.2 Å². The highest BCUT2D eigenvalue weighted by molar-refractivity contribution is 6.42. The van der Waals surface area contributed by atoms with Crippen molar-refractivity contribution in [1.29, 1.82) is 0 Å². The van der Waals surface area contributed by atoms with Gasteiger partial charge in [-0.1, -0.05) is 83.0 Å². The number of rotatable bonds is 11. The Kier molecular flexibility index (Phi) is 10.7. The van der Waals surface area contributed by atoms with Crippen molar-refractivity contribution in [2.24, 2.45) is 5.16 Å². The summed E-state index contributed by atoms with van der Waals surface area (Å²) in [5.74, 6) is -0.220. The van der Waals surface area contributed by atoms with Gasteiger partial charge in [-0.3, -0.25) is 0 Å². The van der Waals surface area contributed by atoms with Gasteiger partial charge in [-0.15, -0.1) is 0 Å². The summed E-state index contributed by atoms with van der Waals surface area (Å²) < 4.78 is 45.6. The molecule has 11 heteroatoms. The van der Waals surface area contributed by atoms with Crippen LogP contribution in [-0.2, 0) is 28.0 Å². The predicted molar refractivity (Wildman–Crippen MR) is 171 cm³/mol. The number of hydrogen-bond donors (Lipinski definition) is 1. The number of piperidine rings is 1. The highest BCUT2D eigenvalue weighted by Gasteiger charge is 2.34. The normalized spacial score (nSPS) is 16.6. The summed E-state index contributed by atoms with van der Waals surface area (Å²) in [5, 5.41) is 17.1. The molecule has 0 aliphatic carbocycles. The van der Waals surface area contributed by atoms with Crippen molar-refractivity contribution in [1.82, 2.24) is 9.88 Å². The highest BCUT2D eigenvalue weighted by Crippen LogP contribution is 2.34. The second kappa shape index (κ2) is 14.5. The van der Waals surface area contributed by atoms with Gasteiger partial charge in [0.1, 0.15) is 12.8 Å². The van der Waals surface area contributed by atoms with E-state index in [2.05, 4.69) is 15.0 Å². The maximum atomic E-state index is 13.2. The fourth-order valence-electron chi connectivity index (χ4n) is 5.74. The minimum atomic E-state index is -4.52. The number of aliphatic hydroxyl groups is 1. The van der Waals surface area contributed by atoms with Gasteiger partial charge in [0.2, 0.25) is 0 Å². The number of alkyl halides is 3. The van der Waals surface area contributed by atoms with Gasteiger partial charge in [-0.25, -0.2) is 4.98 Å². The number of nitrogens with zero attached hydrogens (tertiary/aromatic N) is 3. The summed E-state index contributed by atoms with van der Waals surface area (Å²) in [6.07, 6.45) is -2.60.